The number of aromatic nitrogens is 2. The van der Waals surface area contributed by atoms with E-state index in [0.29, 0.717) is 5.84 Å². The minimum Gasteiger partial charge on any atom is -0.354 e. The Bertz CT molecular complexity index is 3730. The van der Waals surface area contributed by atoms with Gasteiger partial charge in [-0.1, -0.05) is 122 Å². The van der Waals surface area contributed by atoms with Crippen molar-refractivity contribution in [2.45, 2.75) is 66.2 Å². The zero-order chi connectivity index (χ0) is 45.2. The lowest BCUT2D eigenvalue weighted by Crippen LogP contribution is -2.09. The van der Waals surface area contributed by atoms with Crippen LogP contribution < -0.4 is 0 Å². The summed E-state index contributed by atoms with van der Waals surface area (Å²) in [7, 11) is 0. The Morgan fingerprint density at radius 2 is 1.11 bits per heavy atom. The average molecular weight is 854 g/mol. The maximum absolute atomic E-state index is 9.08. The molecule has 10 aromatic rings. The Hall–Kier alpha value is -7.49. The number of hydrogen-bond donors (Lipinski definition) is 2. The van der Waals surface area contributed by atoms with Gasteiger partial charge in [0.15, 0.2) is 0 Å². The highest BCUT2D eigenvalue weighted by molar-refractivity contribution is 6.17. The van der Waals surface area contributed by atoms with Crippen molar-refractivity contribution < 1.29 is 0 Å². The molecule has 3 aliphatic carbocycles. The van der Waals surface area contributed by atoms with E-state index in [2.05, 4.69) is 157 Å². The van der Waals surface area contributed by atoms with E-state index in [9.17, 15) is 0 Å². The number of rotatable bonds is 4. The molecule has 3 aliphatic rings. The van der Waals surface area contributed by atoms with Crippen LogP contribution in [0.25, 0.3) is 87.4 Å². The first-order chi connectivity index (χ1) is 32.2. The quantitative estimate of drug-likeness (QED) is 0.101. The van der Waals surface area contributed by atoms with Gasteiger partial charge in [-0.15, -0.1) is 0 Å². The van der Waals surface area contributed by atoms with Crippen LogP contribution in [0.5, 0.6) is 0 Å². The Kier molecular flexibility index (Phi) is 10.3. The summed E-state index contributed by atoms with van der Waals surface area (Å²) >= 11 is 0. The number of aryl methyl sites for hydroxylation is 7. The molecule has 0 radical (unpaired) electrons. The van der Waals surface area contributed by atoms with Crippen molar-refractivity contribution in [2.75, 3.05) is 0 Å². The molecule has 66 heavy (non-hydrogen) atoms. The Balaban J connectivity index is 0.000000210. The Labute approximate surface area is 387 Å². The van der Waals surface area contributed by atoms with Gasteiger partial charge in [-0.2, -0.15) is 0 Å². The normalized spacial score (nSPS) is 13.8. The average Bonchev–Trinajstić information content (AvgIpc) is 4.14. The second-order valence-electron chi connectivity index (χ2n) is 18.5. The first-order valence-corrected chi connectivity index (χ1v) is 23.6. The van der Waals surface area contributed by atoms with Crippen molar-refractivity contribution >= 4 is 71.0 Å². The number of allylic oxidation sites excluding steroid dienone is 6. The topological polar surface area (TPSA) is 44.6 Å². The molecule has 0 unspecified atom stereocenters. The molecular formula is C63H55N3. The van der Waals surface area contributed by atoms with E-state index in [-0.39, 0.29) is 0 Å². The standard InChI is InChI=1S/C44H33N3.C13H12.C6H10/c1-3-25(2)19-43(45)47-41-10-5-4-8-32(41)38-22-30-14-13-29-21-37-36-20-28(31-17-15-27-12-11-26-7-6-9-33(31)44(26)27)16-18-39(36)46-40(37)23-34(29)35(30)24-42(38)47;1-9-5-6-11-8-7-10-3-2-4-12(9)13(10)11;1-4-6(3)5-2/h3-10,15-24,45-46H,1,11-14H2,2H3;2-6H,7-8H2,1H3;4-5H,1H2,2-3H3/b25-19-,45-43?;;6-5-. The van der Waals surface area contributed by atoms with E-state index >= 15 is 0 Å². The molecular weight excluding hydrogens is 799 g/mol. The third-order valence-corrected chi connectivity index (χ3v) is 14.7. The summed E-state index contributed by atoms with van der Waals surface area (Å²) < 4.78 is 2.09. The van der Waals surface area contributed by atoms with Gasteiger partial charge < -0.3 is 4.98 Å². The predicted molar refractivity (Wildman–Crippen MR) is 285 cm³/mol. The highest BCUT2D eigenvalue weighted by Gasteiger charge is 2.23. The molecule has 0 atom stereocenters. The number of para-hydroxylation sites is 1. The lowest BCUT2D eigenvalue weighted by Gasteiger charge is -2.21. The summed E-state index contributed by atoms with van der Waals surface area (Å²) in [5.41, 5.74) is 22.1. The highest BCUT2D eigenvalue weighted by Crippen LogP contribution is 2.43. The molecule has 2 N–H and O–H groups in total. The number of aromatic amines is 1. The fourth-order valence-electron chi connectivity index (χ4n) is 11.0. The summed E-state index contributed by atoms with van der Waals surface area (Å²) in [6.45, 7) is 15.7. The molecule has 3 nitrogen and oxygen atoms in total. The maximum Gasteiger partial charge on any atom is 0.130 e. The van der Waals surface area contributed by atoms with Crippen molar-refractivity contribution in [2.24, 2.45) is 0 Å². The van der Waals surface area contributed by atoms with Crippen LogP contribution in [0.15, 0.2) is 176 Å². The van der Waals surface area contributed by atoms with Crippen LogP contribution in [0.2, 0.25) is 0 Å². The number of nitrogens with one attached hydrogen (secondary N) is 2. The highest BCUT2D eigenvalue weighted by atomic mass is 15.0. The van der Waals surface area contributed by atoms with Gasteiger partial charge in [0.25, 0.3) is 0 Å². The van der Waals surface area contributed by atoms with E-state index in [4.69, 9.17) is 5.41 Å². The Morgan fingerprint density at radius 1 is 0.515 bits per heavy atom. The third kappa shape index (κ3) is 6.84. The first kappa shape index (κ1) is 41.2. The lowest BCUT2D eigenvalue weighted by atomic mass is 9.84. The van der Waals surface area contributed by atoms with Gasteiger partial charge in [-0.3, -0.25) is 9.98 Å². The number of hydrogen-bond acceptors (Lipinski definition) is 1. The van der Waals surface area contributed by atoms with Crippen LogP contribution in [0.1, 0.15) is 59.7 Å². The molecule has 322 valence electrons. The molecule has 13 rings (SSSR count). The van der Waals surface area contributed by atoms with Gasteiger partial charge in [0.2, 0.25) is 0 Å². The van der Waals surface area contributed by atoms with Gasteiger partial charge >= 0.3 is 0 Å². The van der Waals surface area contributed by atoms with Gasteiger partial charge in [0, 0.05) is 32.6 Å². The van der Waals surface area contributed by atoms with Crippen LogP contribution in [-0.2, 0) is 38.5 Å². The minimum atomic E-state index is 0.451. The van der Waals surface area contributed by atoms with E-state index in [1.54, 1.807) is 0 Å². The van der Waals surface area contributed by atoms with E-state index in [0.717, 1.165) is 42.3 Å². The molecule has 0 bridgehead atoms. The molecule has 2 aromatic heterocycles. The molecule has 8 aromatic carbocycles. The van der Waals surface area contributed by atoms with Crippen LogP contribution in [-0.4, -0.2) is 15.4 Å². The summed E-state index contributed by atoms with van der Waals surface area (Å²) in [5, 5.41) is 19.9. The summed E-state index contributed by atoms with van der Waals surface area (Å²) in [6, 6.07) is 47.6. The number of nitrogens with zero attached hydrogens (tertiary/aromatic N) is 1. The summed E-state index contributed by atoms with van der Waals surface area (Å²) in [4.78, 5) is 3.76. The molecule has 0 saturated heterocycles. The molecule has 0 aliphatic heterocycles. The fraction of sp³-hybridized carbons (Fsp3) is 0.159. The predicted octanol–water partition coefficient (Wildman–Crippen LogP) is 16.5. The molecule has 2 heterocycles. The van der Waals surface area contributed by atoms with E-state index in [1.807, 2.05) is 45.1 Å². The van der Waals surface area contributed by atoms with Crippen LogP contribution in [0.3, 0.4) is 0 Å². The minimum absolute atomic E-state index is 0.451. The van der Waals surface area contributed by atoms with E-state index in [1.165, 1.54) is 134 Å². The zero-order valence-corrected chi connectivity index (χ0v) is 38.5. The molecule has 0 spiro atoms. The van der Waals surface area contributed by atoms with Crippen molar-refractivity contribution in [3.8, 4) is 22.3 Å². The second kappa shape index (κ2) is 16.5. The van der Waals surface area contributed by atoms with Gasteiger partial charge in [0.05, 0.1) is 11.0 Å². The Morgan fingerprint density at radius 3 is 1.80 bits per heavy atom. The first-order valence-electron chi connectivity index (χ1n) is 23.6. The largest absolute Gasteiger partial charge is 0.354 e. The monoisotopic (exact) mass is 853 g/mol. The maximum atomic E-state index is 9.08. The van der Waals surface area contributed by atoms with Gasteiger partial charge in [-0.25, -0.2) is 0 Å². The van der Waals surface area contributed by atoms with Crippen molar-refractivity contribution in [3.05, 3.63) is 215 Å². The van der Waals surface area contributed by atoms with Crippen molar-refractivity contribution in [3.63, 3.8) is 0 Å². The fourth-order valence-corrected chi connectivity index (χ4v) is 11.0. The van der Waals surface area contributed by atoms with Crippen LogP contribution in [0.4, 0.5) is 0 Å². The number of benzene rings is 8. The number of fused-ring (bicyclic) bond motifs is 9. The molecule has 0 fully saturated rings. The molecule has 0 saturated carbocycles. The van der Waals surface area contributed by atoms with Crippen molar-refractivity contribution in [1.29, 1.82) is 5.41 Å². The molecule has 3 heteroatoms. The SMILES string of the molecule is C=C/C(C)=C\C.C=C/C(C)=C\C(=N)n1c2ccccc2c2cc3c(cc21)-c1cc2[nH]c4ccc(-c5ccc6c7c(cccc57)CC6)cc4c2cc1CC3.Cc1ccc2c3c(cccc13)CC2. The lowest BCUT2D eigenvalue weighted by molar-refractivity contribution is 0.946. The van der Waals surface area contributed by atoms with Gasteiger partial charge in [-0.05, 0) is 203 Å². The second-order valence-corrected chi connectivity index (χ2v) is 18.5. The summed E-state index contributed by atoms with van der Waals surface area (Å²) in [6.07, 6.45) is 14.3. The van der Waals surface area contributed by atoms with Crippen LogP contribution >= 0.6 is 0 Å². The summed E-state index contributed by atoms with van der Waals surface area (Å²) in [5.74, 6) is 0.451. The smallest absolute Gasteiger partial charge is 0.130 e. The van der Waals surface area contributed by atoms with Crippen LogP contribution in [0, 0.1) is 12.3 Å². The zero-order valence-electron chi connectivity index (χ0n) is 38.5. The third-order valence-electron chi connectivity index (χ3n) is 14.7. The van der Waals surface area contributed by atoms with Crippen molar-refractivity contribution in [1.82, 2.24) is 9.55 Å². The molecule has 0 amide bonds. The van der Waals surface area contributed by atoms with Gasteiger partial charge in [0.1, 0.15) is 5.84 Å². The van der Waals surface area contributed by atoms with E-state index < -0.39 is 0 Å². The number of H-pyrrole nitrogens is 1.